The molecule has 2 fully saturated rings. The summed E-state index contributed by atoms with van der Waals surface area (Å²) in [5.41, 5.74) is 1.35. The molecule has 1 amide bonds. The number of hydrogen-bond donors (Lipinski definition) is 0. The molecule has 1 saturated carbocycles. The molecule has 2 aliphatic rings. The Morgan fingerprint density at radius 3 is 2.46 bits per heavy atom. The Morgan fingerprint density at radius 1 is 1.03 bits per heavy atom. The van der Waals surface area contributed by atoms with Gasteiger partial charge in [-0.2, -0.15) is 0 Å². The minimum atomic E-state index is -0.368. The summed E-state index contributed by atoms with van der Waals surface area (Å²) in [5.74, 6) is -0.181. The van der Waals surface area contributed by atoms with Crippen molar-refractivity contribution in [2.24, 2.45) is 5.92 Å². The predicted octanol–water partition coefficient (Wildman–Crippen LogP) is 3.67. The number of likely N-dealkylation sites (tertiary alicyclic amines) is 1. The van der Waals surface area contributed by atoms with E-state index in [1.54, 1.807) is 11.0 Å². The molecule has 2 aromatic carbocycles. The zero-order valence-electron chi connectivity index (χ0n) is 20.9. The molecule has 1 aliphatic heterocycles. The minimum Gasteiger partial charge on any atom is -0.462 e. The van der Waals surface area contributed by atoms with Crippen LogP contribution in [0, 0.1) is 5.92 Å². The van der Waals surface area contributed by atoms with E-state index in [2.05, 4.69) is 18.0 Å². The third-order valence-electron chi connectivity index (χ3n) is 7.59. The second-order valence-corrected chi connectivity index (χ2v) is 9.92. The lowest BCUT2D eigenvalue weighted by Gasteiger charge is -2.56. The fourth-order valence-electron chi connectivity index (χ4n) is 5.94. The van der Waals surface area contributed by atoms with Crippen LogP contribution in [0.5, 0.6) is 5.75 Å². The van der Waals surface area contributed by atoms with E-state index < -0.39 is 0 Å². The van der Waals surface area contributed by atoms with Gasteiger partial charge in [0.2, 0.25) is 0 Å². The number of carbonyl (C=O) groups excluding carboxylic acids is 3. The van der Waals surface area contributed by atoms with Crippen LogP contribution < -0.4 is 4.74 Å². The van der Waals surface area contributed by atoms with Crippen LogP contribution in [0.4, 0.5) is 0 Å². The zero-order chi connectivity index (χ0) is 25.2. The molecule has 0 N–H and O–H groups in total. The monoisotopic (exact) mass is 478 g/mol. The molecule has 3 unspecified atom stereocenters. The van der Waals surface area contributed by atoms with E-state index in [1.807, 2.05) is 49.5 Å². The van der Waals surface area contributed by atoms with Gasteiger partial charge in [-0.05, 0) is 56.3 Å². The van der Waals surface area contributed by atoms with Gasteiger partial charge in [0.25, 0.3) is 5.91 Å². The average Bonchev–Trinajstić information content (AvgIpc) is 2.83. The first-order valence-corrected chi connectivity index (χ1v) is 12.2. The predicted molar refractivity (Wildman–Crippen MR) is 132 cm³/mol. The Balaban J connectivity index is 1.75. The molecule has 0 spiro atoms. The summed E-state index contributed by atoms with van der Waals surface area (Å²) in [6.07, 6.45) is 1.83. The van der Waals surface area contributed by atoms with Crippen molar-refractivity contribution >= 4 is 17.8 Å². The number of benzene rings is 2. The summed E-state index contributed by atoms with van der Waals surface area (Å²) in [7, 11) is 3.92. The summed E-state index contributed by atoms with van der Waals surface area (Å²) >= 11 is 0. The number of esters is 2. The van der Waals surface area contributed by atoms with Gasteiger partial charge in [0.15, 0.2) is 0 Å². The number of ether oxygens (including phenoxy) is 2. The summed E-state index contributed by atoms with van der Waals surface area (Å²) in [6.45, 7) is 4.49. The molecule has 0 radical (unpaired) electrons. The van der Waals surface area contributed by atoms with Crippen molar-refractivity contribution in [1.82, 2.24) is 9.80 Å². The first kappa shape index (κ1) is 24.9. The fraction of sp³-hybridized carbons (Fsp3) is 0.464. The molecule has 4 atom stereocenters. The number of rotatable bonds is 5. The van der Waals surface area contributed by atoms with Gasteiger partial charge < -0.3 is 19.3 Å². The van der Waals surface area contributed by atoms with Gasteiger partial charge in [-0.25, -0.2) is 0 Å². The third-order valence-corrected chi connectivity index (χ3v) is 7.59. The molecule has 1 aliphatic carbocycles. The Kier molecular flexibility index (Phi) is 7.26. The van der Waals surface area contributed by atoms with Crippen LogP contribution >= 0.6 is 0 Å². The molecular formula is C28H34N2O5. The van der Waals surface area contributed by atoms with Gasteiger partial charge in [0.05, 0.1) is 0 Å². The number of fused-ring (bicyclic) bond motifs is 1. The molecule has 1 heterocycles. The Labute approximate surface area is 207 Å². The Bertz CT molecular complexity index is 1090. The number of carbonyl (C=O) groups is 3. The summed E-state index contributed by atoms with van der Waals surface area (Å²) in [5, 5.41) is 0. The van der Waals surface area contributed by atoms with E-state index in [1.165, 1.54) is 13.8 Å². The van der Waals surface area contributed by atoms with Gasteiger partial charge in [-0.1, -0.05) is 30.3 Å². The standard InChI is InChI=1S/C28H34N2O5/c1-19(31)34-24-12-8-11-22(15-24)28-13-14-29(3)18-25(28)26(35-20(2)32)16-23(17-28)30(4)27(33)21-9-6-5-7-10-21/h5-12,15,23,25-26H,13-14,16-18H2,1-4H3/t23-,25?,26?,28?/m1/s1. The Hall–Kier alpha value is -3.19. The van der Waals surface area contributed by atoms with E-state index in [9.17, 15) is 14.4 Å². The van der Waals surface area contributed by atoms with Crippen molar-refractivity contribution in [3.63, 3.8) is 0 Å². The highest BCUT2D eigenvalue weighted by molar-refractivity contribution is 5.94. The highest BCUT2D eigenvalue weighted by Crippen LogP contribution is 2.51. The van der Waals surface area contributed by atoms with Crippen LogP contribution in [0.3, 0.4) is 0 Å². The molecule has 2 aromatic rings. The third kappa shape index (κ3) is 5.25. The molecule has 7 heteroatoms. The average molecular weight is 479 g/mol. The van der Waals surface area contributed by atoms with Gasteiger partial charge in [0.1, 0.15) is 11.9 Å². The number of nitrogens with zero attached hydrogens (tertiary/aromatic N) is 2. The molecule has 4 rings (SSSR count). The van der Waals surface area contributed by atoms with Crippen LogP contribution in [0.25, 0.3) is 0 Å². The molecule has 1 saturated heterocycles. The number of piperidine rings is 1. The topological polar surface area (TPSA) is 76.2 Å². The fourth-order valence-corrected chi connectivity index (χ4v) is 5.94. The lowest BCUT2D eigenvalue weighted by molar-refractivity contribution is -0.158. The lowest BCUT2D eigenvalue weighted by atomic mass is 9.56. The normalized spacial score (nSPS) is 26.3. The first-order valence-electron chi connectivity index (χ1n) is 12.2. The largest absolute Gasteiger partial charge is 0.462 e. The van der Waals surface area contributed by atoms with Crippen molar-refractivity contribution in [3.8, 4) is 5.75 Å². The van der Waals surface area contributed by atoms with Crippen molar-refractivity contribution in [3.05, 3.63) is 65.7 Å². The van der Waals surface area contributed by atoms with Crippen LogP contribution in [0.2, 0.25) is 0 Å². The van der Waals surface area contributed by atoms with Gasteiger partial charge in [-0.3, -0.25) is 14.4 Å². The minimum absolute atomic E-state index is 0.0487. The molecule has 7 nitrogen and oxygen atoms in total. The molecule has 35 heavy (non-hydrogen) atoms. The van der Waals surface area contributed by atoms with Crippen molar-refractivity contribution < 1.29 is 23.9 Å². The lowest BCUT2D eigenvalue weighted by Crippen LogP contribution is -2.61. The first-order chi connectivity index (χ1) is 16.7. The smallest absolute Gasteiger partial charge is 0.308 e. The number of amides is 1. The van der Waals surface area contributed by atoms with Crippen molar-refractivity contribution in [2.75, 3.05) is 27.2 Å². The van der Waals surface area contributed by atoms with Crippen LogP contribution in [-0.2, 0) is 19.7 Å². The highest BCUT2D eigenvalue weighted by atomic mass is 16.5. The number of hydrogen-bond acceptors (Lipinski definition) is 6. The van der Waals surface area contributed by atoms with E-state index in [4.69, 9.17) is 9.47 Å². The molecule has 186 valence electrons. The SMILES string of the molecule is CC(=O)Oc1cccc(C23CCN(C)CC2C(OC(C)=O)C[C@@H](N(C)C(=O)c2ccccc2)C3)c1. The van der Waals surface area contributed by atoms with Gasteiger partial charge in [0, 0.05) is 56.8 Å². The summed E-state index contributed by atoms with van der Waals surface area (Å²) in [6, 6.07) is 16.8. The maximum absolute atomic E-state index is 13.4. The van der Waals surface area contributed by atoms with Gasteiger partial charge >= 0.3 is 11.9 Å². The highest BCUT2D eigenvalue weighted by Gasteiger charge is 2.54. The van der Waals surface area contributed by atoms with E-state index in [-0.39, 0.29) is 41.3 Å². The maximum Gasteiger partial charge on any atom is 0.308 e. The second-order valence-electron chi connectivity index (χ2n) is 9.92. The quantitative estimate of drug-likeness (QED) is 0.482. The van der Waals surface area contributed by atoms with Crippen LogP contribution in [-0.4, -0.2) is 67.0 Å². The van der Waals surface area contributed by atoms with Gasteiger partial charge in [-0.15, -0.1) is 0 Å². The summed E-state index contributed by atoms with van der Waals surface area (Å²) in [4.78, 5) is 41.2. The van der Waals surface area contributed by atoms with E-state index in [0.29, 0.717) is 17.7 Å². The van der Waals surface area contributed by atoms with E-state index >= 15 is 0 Å². The van der Waals surface area contributed by atoms with Crippen molar-refractivity contribution in [1.29, 1.82) is 0 Å². The Morgan fingerprint density at radius 2 is 1.77 bits per heavy atom. The second kappa shape index (κ2) is 10.2. The van der Waals surface area contributed by atoms with Crippen LogP contribution in [0.15, 0.2) is 54.6 Å². The maximum atomic E-state index is 13.4. The van der Waals surface area contributed by atoms with E-state index in [0.717, 1.165) is 31.5 Å². The van der Waals surface area contributed by atoms with Crippen LogP contribution in [0.1, 0.15) is 49.0 Å². The zero-order valence-corrected chi connectivity index (χ0v) is 20.9. The molecule has 0 bridgehead atoms. The van der Waals surface area contributed by atoms with Crippen molar-refractivity contribution in [2.45, 2.75) is 50.7 Å². The summed E-state index contributed by atoms with van der Waals surface area (Å²) < 4.78 is 11.3. The molecule has 0 aromatic heterocycles. The molecular weight excluding hydrogens is 444 g/mol.